The summed E-state index contributed by atoms with van der Waals surface area (Å²) < 4.78 is 5.79. The van der Waals surface area contributed by atoms with Gasteiger partial charge in [0.15, 0.2) is 0 Å². The van der Waals surface area contributed by atoms with Crippen molar-refractivity contribution in [3.05, 3.63) is 88.4 Å². The standard InChI is InChI=1S/C29H30N4O3S/c1-19-13-15-21(16-14-19)36-17-27-30-26(18-37-27)28(34)31-24-10-4-5-11-25(24)33-29(35)32-23-12-6-8-20-7-2-3-9-22(20)23/h2-3,6-9,12-16,18,24-25H,4-5,10-11,17H2,1H3,(H,31,34)(H2,32,33,35). The molecule has 190 valence electrons. The Kier molecular flexibility index (Phi) is 7.65. The van der Waals surface area contributed by atoms with Crippen LogP contribution in [-0.2, 0) is 6.61 Å². The molecule has 1 heterocycles. The van der Waals surface area contributed by atoms with Crippen molar-refractivity contribution in [3.8, 4) is 5.75 Å². The smallest absolute Gasteiger partial charge is 0.319 e. The van der Waals surface area contributed by atoms with Crippen molar-refractivity contribution in [3.63, 3.8) is 0 Å². The third-order valence-corrected chi connectivity index (χ3v) is 7.43. The van der Waals surface area contributed by atoms with Crippen molar-refractivity contribution in [2.75, 3.05) is 5.32 Å². The van der Waals surface area contributed by atoms with E-state index in [1.165, 1.54) is 16.9 Å². The first-order valence-electron chi connectivity index (χ1n) is 12.6. The molecular formula is C29H30N4O3S. The predicted octanol–water partition coefficient (Wildman–Crippen LogP) is 6.05. The molecule has 3 amide bonds. The second-order valence-electron chi connectivity index (χ2n) is 9.32. The number of amides is 3. The summed E-state index contributed by atoms with van der Waals surface area (Å²) in [5.74, 6) is 0.538. The lowest BCUT2D eigenvalue weighted by Gasteiger charge is -2.32. The molecule has 1 fully saturated rings. The topological polar surface area (TPSA) is 92.3 Å². The number of hydrogen-bond donors (Lipinski definition) is 3. The molecular weight excluding hydrogens is 484 g/mol. The highest BCUT2D eigenvalue weighted by molar-refractivity contribution is 7.09. The summed E-state index contributed by atoms with van der Waals surface area (Å²) in [5, 5.41) is 13.7. The van der Waals surface area contributed by atoms with Crippen LogP contribution >= 0.6 is 11.3 Å². The molecule has 0 bridgehead atoms. The molecule has 0 radical (unpaired) electrons. The van der Waals surface area contributed by atoms with Gasteiger partial charge in [-0.25, -0.2) is 9.78 Å². The maximum Gasteiger partial charge on any atom is 0.319 e. The molecule has 5 rings (SSSR count). The minimum Gasteiger partial charge on any atom is -0.486 e. The summed E-state index contributed by atoms with van der Waals surface area (Å²) in [6, 6.07) is 21.0. The highest BCUT2D eigenvalue weighted by Gasteiger charge is 2.29. The first kappa shape index (κ1) is 24.8. The van der Waals surface area contributed by atoms with Crippen molar-refractivity contribution >= 4 is 39.7 Å². The minimum atomic E-state index is -0.272. The van der Waals surface area contributed by atoms with Crippen molar-refractivity contribution in [1.82, 2.24) is 15.6 Å². The van der Waals surface area contributed by atoms with Crippen molar-refractivity contribution in [1.29, 1.82) is 0 Å². The van der Waals surface area contributed by atoms with Gasteiger partial charge in [-0.1, -0.05) is 66.9 Å². The Bertz CT molecular complexity index is 1380. The van der Waals surface area contributed by atoms with Crippen molar-refractivity contribution in [2.45, 2.75) is 51.3 Å². The van der Waals surface area contributed by atoms with Crippen molar-refractivity contribution < 1.29 is 14.3 Å². The Balaban J connectivity index is 1.17. The maximum atomic E-state index is 13.0. The average molecular weight is 515 g/mol. The van der Waals surface area contributed by atoms with Gasteiger partial charge >= 0.3 is 6.03 Å². The molecule has 3 N–H and O–H groups in total. The summed E-state index contributed by atoms with van der Waals surface area (Å²) in [7, 11) is 0. The highest BCUT2D eigenvalue weighted by atomic mass is 32.1. The van der Waals surface area contributed by atoms with Crippen LogP contribution in [0.5, 0.6) is 5.75 Å². The fourth-order valence-electron chi connectivity index (χ4n) is 4.64. The molecule has 2 atom stereocenters. The number of urea groups is 1. The summed E-state index contributed by atoms with van der Waals surface area (Å²) >= 11 is 1.40. The van der Waals surface area contributed by atoms with E-state index in [0.29, 0.717) is 12.3 Å². The summed E-state index contributed by atoms with van der Waals surface area (Å²) in [6.45, 7) is 2.34. The minimum absolute atomic E-state index is 0.157. The Morgan fingerprint density at radius 3 is 2.49 bits per heavy atom. The molecule has 1 aliphatic carbocycles. The van der Waals surface area contributed by atoms with E-state index in [9.17, 15) is 9.59 Å². The lowest BCUT2D eigenvalue weighted by atomic mass is 9.90. The van der Waals surface area contributed by atoms with Crippen LogP contribution in [0.3, 0.4) is 0 Å². The zero-order valence-corrected chi connectivity index (χ0v) is 21.5. The van der Waals surface area contributed by atoms with E-state index in [2.05, 4.69) is 20.9 Å². The Labute approximate surface area is 220 Å². The molecule has 0 aliphatic heterocycles. The Morgan fingerprint density at radius 1 is 0.946 bits per heavy atom. The SMILES string of the molecule is Cc1ccc(OCc2nc(C(=O)NC3CCCCC3NC(=O)Nc3cccc4ccccc34)cs2)cc1. The zero-order valence-electron chi connectivity index (χ0n) is 20.7. The number of aryl methyl sites for hydroxylation is 1. The second-order valence-corrected chi connectivity index (χ2v) is 10.3. The van der Waals surface area contributed by atoms with Gasteiger partial charge < -0.3 is 20.7 Å². The molecule has 8 heteroatoms. The fraction of sp³-hybridized carbons (Fsp3) is 0.276. The van der Waals surface area contributed by atoms with Gasteiger partial charge in [-0.2, -0.15) is 0 Å². The van der Waals surface area contributed by atoms with Gasteiger partial charge in [0, 0.05) is 16.8 Å². The molecule has 1 saturated carbocycles. The van der Waals surface area contributed by atoms with E-state index < -0.39 is 0 Å². The molecule has 0 saturated heterocycles. The number of aromatic nitrogens is 1. The lowest BCUT2D eigenvalue weighted by Crippen LogP contribution is -2.54. The summed E-state index contributed by atoms with van der Waals surface area (Å²) in [4.78, 5) is 30.3. The van der Waals surface area contributed by atoms with Gasteiger partial charge in [0.25, 0.3) is 5.91 Å². The second kappa shape index (κ2) is 11.4. The normalized spacial score (nSPS) is 17.2. The van der Waals surface area contributed by atoms with Gasteiger partial charge in [-0.3, -0.25) is 4.79 Å². The fourth-order valence-corrected chi connectivity index (χ4v) is 5.33. The largest absolute Gasteiger partial charge is 0.486 e. The number of fused-ring (bicyclic) bond motifs is 1. The van der Waals surface area contributed by atoms with E-state index in [-0.39, 0.29) is 24.0 Å². The van der Waals surface area contributed by atoms with Crippen LogP contribution in [0.2, 0.25) is 0 Å². The number of rotatable bonds is 7. The molecule has 37 heavy (non-hydrogen) atoms. The number of carbonyl (C=O) groups is 2. The Hall–Kier alpha value is -3.91. The van der Waals surface area contributed by atoms with Crippen LogP contribution < -0.4 is 20.7 Å². The van der Waals surface area contributed by atoms with Crippen LogP contribution in [-0.4, -0.2) is 29.0 Å². The van der Waals surface area contributed by atoms with Crippen LogP contribution in [0.1, 0.15) is 46.7 Å². The first-order valence-corrected chi connectivity index (χ1v) is 13.4. The number of benzene rings is 3. The average Bonchev–Trinajstić information content (AvgIpc) is 3.39. The number of thiazole rings is 1. The number of nitrogens with one attached hydrogen (secondary N) is 3. The van der Waals surface area contributed by atoms with Gasteiger partial charge in [-0.15, -0.1) is 11.3 Å². The molecule has 1 aliphatic rings. The van der Waals surface area contributed by atoms with Crippen LogP contribution in [0.4, 0.5) is 10.5 Å². The number of nitrogens with zero attached hydrogens (tertiary/aromatic N) is 1. The predicted molar refractivity (Wildman–Crippen MR) is 147 cm³/mol. The van der Waals surface area contributed by atoms with Crippen LogP contribution in [0.25, 0.3) is 10.8 Å². The lowest BCUT2D eigenvalue weighted by molar-refractivity contribution is 0.0911. The monoisotopic (exact) mass is 514 g/mol. The quantitative estimate of drug-likeness (QED) is 0.280. The van der Waals surface area contributed by atoms with Crippen LogP contribution in [0.15, 0.2) is 72.1 Å². The van der Waals surface area contributed by atoms with Gasteiger partial charge in [0.2, 0.25) is 0 Å². The first-order chi connectivity index (χ1) is 18.0. The number of anilines is 1. The molecule has 4 aromatic rings. The highest BCUT2D eigenvalue weighted by Crippen LogP contribution is 2.24. The summed E-state index contributed by atoms with van der Waals surface area (Å²) in [6.07, 6.45) is 3.61. The van der Waals surface area contributed by atoms with Gasteiger partial charge in [-0.05, 0) is 43.4 Å². The van der Waals surface area contributed by atoms with Gasteiger partial charge in [0.1, 0.15) is 23.1 Å². The van der Waals surface area contributed by atoms with E-state index in [1.54, 1.807) is 5.38 Å². The van der Waals surface area contributed by atoms with Crippen molar-refractivity contribution in [2.24, 2.45) is 0 Å². The number of carbonyl (C=O) groups excluding carboxylic acids is 2. The van der Waals surface area contributed by atoms with E-state index in [1.807, 2.05) is 73.7 Å². The van der Waals surface area contributed by atoms with Crippen LogP contribution in [0, 0.1) is 6.92 Å². The Morgan fingerprint density at radius 2 is 1.68 bits per heavy atom. The third-order valence-electron chi connectivity index (χ3n) is 6.60. The maximum absolute atomic E-state index is 13.0. The van der Waals surface area contributed by atoms with Gasteiger partial charge in [0.05, 0.1) is 11.7 Å². The number of ether oxygens (including phenoxy) is 1. The molecule has 0 spiro atoms. The third kappa shape index (κ3) is 6.27. The van der Waals surface area contributed by atoms with E-state index in [4.69, 9.17) is 4.74 Å². The molecule has 2 unspecified atom stereocenters. The summed E-state index contributed by atoms with van der Waals surface area (Å²) in [5.41, 5.74) is 2.30. The molecule has 1 aromatic heterocycles. The van der Waals surface area contributed by atoms with E-state index >= 15 is 0 Å². The molecule has 3 aromatic carbocycles. The number of hydrogen-bond acceptors (Lipinski definition) is 5. The zero-order chi connectivity index (χ0) is 25.6. The molecule has 7 nitrogen and oxygen atoms in total. The van der Waals surface area contributed by atoms with E-state index in [0.717, 1.165) is 52.9 Å².